The molecule has 0 saturated heterocycles. The number of allylic oxidation sites excluding steroid dienone is 2. The normalized spacial score (nSPS) is 13.6. The number of benzene rings is 1. The molecule has 39 heavy (non-hydrogen) atoms. The number of unbranched alkanes of at least 4 members (excludes halogenated alkanes) is 1. The summed E-state index contributed by atoms with van der Waals surface area (Å²) in [6.07, 6.45) is 8.67. The van der Waals surface area contributed by atoms with Crippen molar-refractivity contribution in [3.63, 3.8) is 0 Å². The predicted molar refractivity (Wildman–Crippen MR) is 149 cm³/mol. The molecule has 4 heterocycles. The molecule has 0 saturated carbocycles. The molecule has 0 atom stereocenters. The molecule has 1 aromatic carbocycles. The number of H-pyrrole nitrogens is 1. The lowest BCUT2D eigenvalue weighted by Crippen LogP contribution is -2.33. The number of rotatable bonds is 9. The third-order valence-corrected chi connectivity index (χ3v) is 6.51. The lowest BCUT2D eigenvalue weighted by atomic mass is 9.96. The zero-order valence-electron chi connectivity index (χ0n) is 22.1. The second-order valence-electron chi connectivity index (χ2n) is 9.11. The molecule has 0 fully saturated rings. The van der Waals surface area contributed by atoms with Gasteiger partial charge in [0.15, 0.2) is 11.6 Å². The topological polar surface area (TPSA) is 122 Å². The smallest absolute Gasteiger partial charge is 0.439 e. The standard InChI is InChI=1S/C29H29N7O3/c1-5-6-11-26-24(18(2)36(19(3)33-26)28-31-16-21(38-4)17-32-28)14-20-12-13-25(30-15-20)22-9-7-8-10-23(22)27-34-29(37)39-35-27/h7-10,12-13,15-17H,2,5-6,11,14H2,1,3-4H3,(H,34,35,37). The highest BCUT2D eigenvalue weighted by Gasteiger charge is 2.26. The van der Waals surface area contributed by atoms with Crippen LogP contribution in [-0.4, -0.2) is 38.0 Å². The summed E-state index contributed by atoms with van der Waals surface area (Å²) in [5, 5.41) is 3.84. The minimum absolute atomic E-state index is 0.361. The van der Waals surface area contributed by atoms with Crippen LogP contribution in [0.25, 0.3) is 22.6 Å². The molecule has 0 aliphatic carbocycles. The molecule has 10 heteroatoms. The zero-order valence-corrected chi connectivity index (χ0v) is 22.1. The minimum Gasteiger partial charge on any atom is -0.494 e. The van der Waals surface area contributed by atoms with Gasteiger partial charge in [0.1, 0.15) is 5.84 Å². The van der Waals surface area contributed by atoms with Gasteiger partial charge < -0.3 is 4.74 Å². The Kier molecular flexibility index (Phi) is 7.44. The van der Waals surface area contributed by atoms with Gasteiger partial charge in [-0.2, -0.15) is 0 Å². The predicted octanol–water partition coefficient (Wildman–Crippen LogP) is 5.33. The first-order chi connectivity index (χ1) is 19.0. The van der Waals surface area contributed by atoms with E-state index in [1.54, 1.807) is 19.5 Å². The summed E-state index contributed by atoms with van der Waals surface area (Å²) in [5.41, 5.74) is 6.18. The lowest BCUT2D eigenvalue weighted by molar-refractivity contribution is 0.388. The lowest BCUT2D eigenvalue weighted by Gasteiger charge is -2.31. The molecule has 0 bridgehead atoms. The highest BCUT2D eigenvalue weighted by Crippen LogP contribution is 2.33. The first-order valence-electron chi connectivity index (χ1n) is 12.7. The van der Waals surface area contributed by atoms with Gasteiger partial charge in [-0.05, 0) is 31.4 Å². The van der Waals surface area contributed by atoms with Crippen molar-refractivity contribution >= 4 is 11.8 Å². The first-order valence-corrected chi connectivity index (χ1v) is 12.7. The maximum Gasteiger partial charge on any atom is 0.439 e. The highest BCUT2D eigenvalue weighted by molar-refractivity contribution is 6.00. The molecule has 198 valence electrons. The van der Waals surface area contributed by atoms with Crippen LogP contribution in [0.15, 0.2) is 92.8 Å². The number of anilines is 1. The Labute approximate surface area is 225 Å². The van der Waals surface area contributed by atoms with Crippen LogP contribution in [-0.2, 0) is 6.42 Å². The van der Waals surface area contributed by atoms with Crippen molar-refractivity contribution in [3.05, 3.63) is 94.6 Å². The number of nitrogens with zero attached hydrogens (tertiary/aromatic N) is 6. The summed E-state index contributed by atoms with van der Waals surface area (Å²) in [6, 6.07) is 11.6. The molecule has 0 radical (unpaired) electrons. The quantitative estimate of drug-likeness (QED) is 0.312. The number of amidine groups is 1. The Morgan fingerprint density at radius 3 is 2.46 bits per heavy atom. The molecule has 1 aliphatic rings. The van der Waals surface area contributed by atoms with Crippen LogP contribution in [0.1, 0.15) is 38.7 Å². The van der Waals surface area contributed by atoms with Gasteiger partial charge in [-0.1, -0.05) is 55.4 Å². The minimum atomic E-state index is -0.602. The molecule has 5 rings (SSSR count). The number of hydrogen-bond donors (Lipinski definition) is 1. The van der Waals surface area contributed by atoms with Crippen molar-refractivity contribution in [2.75, 3.05) is 12.0 Å². The summed E-state index contributed by atoms with van der Waals surface area (Å²) in [7, 11) is 1.58. The van der Waals surface area contributed by atoms with Crippen LogP contribution < -0.4 is 15.4 Å². The van der Waals surface area contributed by atoms with Gasteiger partial charge in [0.05, 0.1) is 25.2 Å². The number of aliphatic imine (C=N–C) groups is 1. The number of methoxy groups -OCH3 is 1. The Morgan fingerprint density at radius 1 is 1.05 bits per heavy atom. The molecular weight excluding hydrogens is 494 g/mol. The van der Waals surface area contributed by atoms with E-state index in [9.17, 15) is 4.79 Å². The van der Waals surface area contributed by atoms with Gasteiger partial charge in [-0.25, -0.2) is 19.8 Å². The second kappa shape index (κ2) is 11.3. The fraction of sp³-hybridized carbons (Fsp3) is 0.241. The van der Waals surface area contributed by atoms with Crippen LogP contribution >= 0.6 is 0 Å². The second-order valence-corrected chi connectivity index (χ2v) is 9.11. The molecule has 1 N–H and O–H groups in total. The molecule has 10 nitrogen and oxygen atoms in total. The fourth-order valence-electron chi connectivity index (χ4n) is 4.51. The Morgan fingerprint density at radius 2 is 1.82 bits per heavy atom. The summed E-state index contributed by atoms with van der Waals surface area (Å²) < 4.78 is 9.91. The van der Waals surface area contributed by atoms with E-state index in [0.29, 0.717) is 23.9 Å². The summed E-state index contributed by atoms with van der Waals surface area (Å²) >= 11 is 0. The molecular formula is C29H29N7O3. The number of nitrogens with one attached hydrogen (secondary N) is 1. The summed E-state index contributed by atoms with van der Waals surface area (Å²) in [6.45, 7) is 8.53. The third-order valence-electron chi connectivity index (χ3n) is 6.51. The van der Waals surface area contributed by atoms with Gasteiger partial charge in [-0.15, -0.1) is 0 Å². The average Bonchev–Trinajstić information content (AvgIpc) is 3.40. The van der Waals surface area contributed by atoms with Gasteiger partial charge in [-0.3, -0.25) is 19.4 Å². The Hall–Kier alpha value is -4.86. The summed E-state index contributed by atoms with van der Waals surface area (Å²) in [4.78, 5) is 34.6. The van der Waals surface area contributed by atoms with Crippen LogP contribution in [0.3, 0.4) is 0 Å². The van der Waals surface area contributed by atoms with Crippen molar-refractivity contribution in [3.8, 4) is 28.4 Å². The SMILES string of the molecule is C=C1C(Cc2ccc(-c3ccccc3-c3noc(=O)[nH]3)nc2)=C(CCCC)N=C(C)N1c1ncc(OC)cn1. The third kappa shape index (κ3) is 5.40. The van der Waals surface area contributed by atoms with Gasteiger partial charge in [0, 0.05) is 40.7 Å². The van der Waals surface area contributed by atoms with E-state index in [1.807, 2.05) is 54.4 Å². The maximum atomic E-state index is 11.5. The van der Waals surface area contributed by atoms with Crippen molar-refractivity contribution in [1.82, 2.24) is 25.1 Å². The fourth-order valence-corrected chi connectivity index (χ4v) is 4.51. The highest BCUT2D eigenvalue weighted by atomic mass is 16.5. The van der Waals surface area contributed by atoms with Crippen molar-refractivity contribution in [1.29, 1.82) is 0 Å². The van der Waals surface area contributed by atoms with E-state index < -0.39 is 5.76 Å². The number of pyridine rings is 1. The number of aromatic amines is 1. The maximum absolute atomic E-state index is 11.5. The molecule has 1 aliphatic heterocycles. The molecule has 0 spiro atoms. The van der Waals surface area contributed by atoms with E-state index >= 15 is 0 Å². The summed E-state index contributed by atoms with van der Waals surface area (Å²) in [5.74, 6) is 1.61. The van der Waals surface area contributed by atoms with Gasteiger partial charge in [0.25, 0.3) is 0 Å². The number of hydrogen-bond acceptors (Lipinski definition) is 9. The van der Waals surface area contributed by atoms with Crippen LogP contribution in [0.4, 0.5) is 5.95 Å². The average molecular weight is 524 g/mol. The van der Waals surface area contributed by atoms with E-state index in [1.165, 1.54) is 0 Å². The van der Waals surface area contributed by atoms with Crippen LogP contribution in [0.5, 0.6) is 5.75 Å². The molecule has 4 aromatic rings. The number of ether oxygens (including phenoxy) is 1. The van der Waals surface area contributed by atoms with Crippen LogP contribution in [0.2, 0.25) is 0 Å². The van der Waals surface area contributed by atoms with Crippen molar-refractivity contribution < 1.29 is 9.26 Å². The first kappa shape index (κ1) is 25.8. The van der Waals surface area contributed by atoms with E-state index in [-0.39, 0.29) is 0 Å². The molecule has 0 amide bonds. The van der Waals surface area contributed by atoms with Crippen molar-refractivity contribution in [2.24, 2.45) is 4.99 Å². The van der Waals surface area contributed by atoms with E-state index in [4.69, 9.17) is 19.2 Å². The van der Waals surface area contributed by atoms with E-state index in [2.05, 4.69) is 33.6 Å². The van der Waals surface area contributed by atoms with Gasteiger partial charge in [0.2, 0.25) is 5.95 Å². The van der Waals surface area contributed by atoms with Crippen LogP contribution in [0, 0.1) is 0 Å². The van der Waals surface area contributed by atoms with Crippen molar-refractivity contribution in [2.45, 2.75) is 39.5 Å². The zero-order chi connectivity index (χ0) is 27.4. The van der Waals surface area contributed by atoms with E-state index in [0.717, 1.165) is 64.4 Å². The Balaban J connectivity index is 1.45. The van der Waals surface area contributed by atoms with Gasteiger partial charge >= 0.3 is 5.76 Å². The number of aromatic nitrogens is 5. The largest absolute Gasteiger partial charge is 0.494 e. The molecule has 3 aromatic heterocycles. The monoisotopic (exact) mass is 523 g/mol. The molecule has 0 unspecified atom stereocenters. The Bertz CT molecular complexity index is 1600.